The van der Waals surface area contributed by atoms with Crippen LogP contribution in [0.5, 0.6) is 0 Å². The third-order valence-corrected chi connectivity index (χ3v) is 4.21. The highest BCUT2D eigenvalue weighted by Crippen LogP contribution is 2.30. The number of hydrogen-bond acceptors (Lipinski definition) is 5. The van der Waals surface area contributed by atoms with Crippen molar-refractivity contribution in [1.82, 2.24) is 10.2 Å². The highest BCUT2D eigenvalue weighted by atomic mass is 32.1. The van der Waals surface area contributed by atoms with Crippen molar-refractivity contribution >= 4 is 22.7 Å². The minimum Gasteiger partial charge on any atom is -0.324 e. The van der Waals surface area contributed by atoms with E-state index in [-0.39, 0.29) is 0 Å². The summed E-state index contributed by atoms with van der Waals surface area (Å²) in [5.74, 6) is 0. The summed E-state index contributed by atoms with van der Waals surface area (Å²) in [6, 6.07) is 4.24. The first-order chi connectivity index (χ1) is 6.83. The molecule has 0 aromatic carbocycles. The summed E-state index contributed by atoms with van der Waals surface area (Å²) in [6.45, 7) is 2.63. The highest BCUT2D eigenvalue weighted by Gasteiger charge is 2.07. The van der Waals surface area contributed by atoms with E-state index < -0.39 is 0 Å². The van der Waals surface area contributed by atoms with Crippen molar-refractivity contribution in [3.63, 3.8) is 0 Å². The molecule has 0 spiro atoms. The first-order valence-electron chi connectivity index (χ1n) is 4.45. The van der Waals surface area contributed by atoms with Crippen LogP contribution in [0.3, 0.4) is 0 Å². The van der Waals surface area contributed by atoms with Crippen LogP contribution in [-0.4, -0.2) is 10.2 Å². The first-order valence-corrected chi connectivity index (χ1v) is 6.08. The molecule has 2 N–H and O–H groups in total. The molecule has 2 rings (SSSR count). The molecular weight excluding hydrogens is 214 g/mol. The molecule has 5 heteroatoms. The van der Waals surface area contributed by atoms with Crippen molar-refractivity contribution in [2.45, 2.75) is 19.9 Å². The molecule has 3 nitrogen and oxygen atoms in total. The van der Waals surface area contributed by atoms with Crippen molar-refractivity contribution in [2.75, 3.05) is 0 Å². The van der Waals surface area contributed by atoms with Gasteiger partial charge in [-0.05, 0) is 18.6 Å². The summed E-state index contributed by atoms with van der Waals surface area (Å²) < 4.78 is 0. The van der Waals surface area contributed by atoms with Crippen molar-refractivity contribution in [2.24, 2.45) is 5.73 Å². The quantitative estimate of drug-likeness (QED) is 0.872. The largest absolute Gasteiger partial charge is 0.324 e. The van der Waals surface area contributed by atoms with Gasteiger partial charge in [-0.2, -0.15) is 0 Å². The highest BCUT2D eigenvalue weighted by molar-refractivity contribution is 7.21. The van der Waals surface area contributed by atoms with E-state index in [0.717, 1.165) is 16.4 Å². The molecule has 0 aliphatic heterocycles. The van der Waals surface area contributed by atoms with E-state index >= 15 is 0 Å². The predicted molar refractivity (Wildman–Crippen MR) is 60.5 cm³/mol. The summed E-state index contributed by atoms with van der Waals surface area (Å²) in [4.78, 5) is 2.57. The molecule has 2 aromatic rings. The van der Waals surface area contributed by atoms with Crippen molar-refractivity contribution < 1.29 is 0 Å². The molecule has 0 fully saturated rings. The van der Waals surface area contributed by atoms with Crippen LogP contribution in [0.15, 0.2) is 12.1 Å². The maximum absolute atomic E-state index is 5.48. The first kappa shape index (κ1) is 9.76. The van der Waals surface area contributed by atoms with Crippen LogP contribution < -0.4 is 5.73 Å². The van der Waals surface area contributed by atoms with E-state index in [1.807, 2.05) is 0 Å². The maximum atomic E-state index is 5.48. The van der Waals surface area contributed by atoms with Crippen molar-refractivity contribution in [1.29, 1.82) is 0 Å². The number of nitrogens with two attached hydrogens (primary N) is 1. The van der Waals surface area contributed by atoms with Gasteiger partial charge in [0.25, 0.3) is 0 Å². The van der Waals surface area contributed by atoms with Gasteiger partial charge in [0.15, 0.2) is 5.01 Å². The van der Waals surface area contributed by atoms with Crippen molar-refractivity contribution in [3.05, 3.63) is 22.0 Å². The lowest BCUT2D eigenvalue weighted by Crippen LogP contribution is -1.94. The Kier molecular flexibility index (Phi) is 2.90. The van der Waals surface area contributed by atoms with Crippen LogP contribution in [0.25, 0.3) is 9.88 Å². The van der Waals surface area contributed by atoms with Gasteiger partial charge in [-0.1, -0.05) is 18.3 Å². The van der Waals surface area contributed by atoms with Gasteiger partial charge in [0.1, 0.15) is 5.01 Å². The lowest BCUT2D eigenvalue weighted by atomic mass is 10.4. The SMILES string of the molecule is CCc1ccc(-c2nnc(CN)s2)s1. The monoisotopic (exact) mass is 225 g/mol. The fraction of sp³-hybridized carbons (Fsp3) is 0.333. The van der Waals surface area contributed by atoms with Gasteiger partial charge in [-0.15, -0.1) is 21.5 Å². The average molecular weight is 225 g/mol. The van der Waals surface area contributed by atoms with Gasteiger partial charge in [-0.3, -0.25) is 0 Å². The van der Waals surface area contributed by atoms with Crippen molar-refractivity contribution in [3.8, 4) is 9.88 Å². The van der Waals surface area contributed by atoms with E-state index in [2.05, 4.69) is 29.3 Å². The van der Waals surface area contributed by atoms with E-state index in [1.165, 1.54) is 9.75 Å². The zero-order valence-corrected chi connectivity index (χ0v) is 9.49. The second kappa shape index (κ2) is 4.16. The van der Waals surface area contributed by atoms with E-state index in [9.17, 15) is 0 Å². The summed E-state index contributed by atoms with van der Waals surface area (Å²) in [6.07, 6.45) is 1.08. The molecule has 0 aliphatic rings. The Morgan fingerprint density at radius 3 is 2.71 bits per heavy atom. The smallest absolute Gasteiger partial charge is 0.157 e. The van der Waals surface area contributed by atoms with Crippen LogP contribution in [-0.2, 0) is 13.0 Å². The number of rotatable bonds is 3. The Bertz CT molecular complexity index is 379. The second-order valence-corrected chi connectivity index (χ2v) is 5.05. The van der Waals surface area contributed by atoms with Crippen LogP contribution in [0.4, 0.5) is 0 Å². The molecule has 2 heterocycles. The lowest BCUT2D eigenvalue weighted by molar-refractivity contribution is 0.961. The maximum Gasteiger partial charge on any atom is 0.157 e. The topological polar surface area (TPSA) is 51.8 Å². The molecule has 74 valence electrons. The van der Waals surface area contributed by atoms with Crippen LogP contribution in [0.1, 0.15) is 16.8 Å². The molecule has 2 aromatic heterocycles. The third kappa shape index (κ3) is 1.84. The molecule has 0 radical (unpaired) electrons. The molecule has 0 aliphatic carbocycles. The lowest BCUT2D eigenvalue weighted by Gasteiger charge is -1.86. The molecule has 0 unspecified atom stereocenters. The Morgan fingerprint density at radius 1 is 1.29 bits per heavy atom. The third-order valence-electron chi connectivity index (χ3n) is 1.86. The standard InChI is InChI=1S/C9H11N3S2/c1-2-6-3-4-7(13-6)9-12-11-8(5-10)14-9/h3-4H,2,5,10H2,1H3. The normalized spacial score (nSPS) is 10.7. The van der Waals surface area contributed by atoms with Gasteiger partial charge >= 0.3 is 0 Å². The van der Waals surface area contributed by atoms with Gasteiger partial charge in [0.05, 0.1) is 4.88 Å². The Balaban J connectivity index is 2.29. The number of nitrogens with zero attached hydrogens (tertiary/aromatic N) is 2. The van der Waals surface area contributed by atoms with Crippen LogP contribution >= 0.6 is 22.7 Å². The zero-order chi connectivity index (χ0) is 9.97. The number of aromatic nitrogens is 2. The number of hydrogen-bond donors (Lipinski definition) is 1. The minimum absolute atomic E-state index is 0.476. The fourth-order valence-electron chi connectivity index (χ4n) is 1.12. The van der Waals surface area contributed by atoms with E-state index in [1.54, 1.807) is 22.7 Å². The molecule has 0 amide bonds. The Morgan fingerprint density at radius 2 is 2.14 bits per heavy atom. The molecule has 0 saturated heterocycles. The van der Waals surface area contributed by atoms with Crippen LogP contribution in [0.2, 0.25) is 0 Å². The summed E-state index contributed by atoms with van der Waals surface area (Å²) in [7, 11) is 0. The Hall–Kier alpha value is -0.780. The van der Waals surface area contributed by atoms with E-state index in [4.69, 9.17) is 5.73 Å². The average Bonchev–Trinajstić information content (AvgIpc) is 2.86. The molecule has 0 saturated carbocycles. The molecule has 14 heavy (non-hydrogen) atoms. The molecule has 0 bridgehead atoms. The number of aryl methyl sites for hydroxylation is 1. The predicted octanol–water partition coefficient (Wildman–Crippen LogP) is 2.29. The van der Waals surface area contributed by atoms with Gasteiger partial charge in [-0.25, -0.2) is 0 Å². The number of thiophene rings is 1. The van der Waals surface area contributed by atoms with Gasteiger partial charge < -0.3 is 5.73 Å². The second-order valence-electron chi connectivity index (χ2n) is 2.82. The minimum atomic E-state index is 0.476. The molecule has 0 atom stereocenters. The van der Waals surface area contributed by atoms with Crippen LogP contribution in [0, 0.1) is 0 Å². The zero-order valence-electron chi connectivity index (χ0n) is 7.86. The summed E-state index contributed by atoms with van der Waals surface area (Å²) in [5, 5.41) is 9.98. The summed E-state index contributed by atoms with van der Waals surface area (Å²) >= 11 is 3.35. The Labute approximate surface area is 90.6 Å². The van der Waals surface area contributed by atoms with Gasteiger partial charge in [0.2, 0.25) is 0 Å². The van der Waals surface area contributed by atoms with Gasteiger partial charge in [0, 0.05) is 11.4 Å². The van der Waals surface area contributed by atoms with E-state index in [0.29, 0.717) is 6.54 Å². The fourth-order valence-corrected chi connectivity index (χ4v) is 2.83. The molecular formula is C9H11N3S2. The summed E-state index contributed by atoms with van der Waals surface area (Å²) in [5.41, 5.74) is 5.48.